The van der Waals surface area contributed by atoms with E-state index in [-0.39, 0.29) is 17.9 Å². The highest BCUT2D eigenvalue weighted by Crippen LogP contribution is 2.24. The molecule has 0 bridgehead atoms. The predicted octanol–water partition coefficient (Wildman–Crippen LogP) is 4.98. The van der Waals surface area contributed by atoms with Crippen LogP contribution in [0.3, 0.4) is 0 Å². The molecule has 1 aliphatic rings. The Kier molecular flexibility index (Phi) is 6.75. The van der Waals surface area contributed by atoms with E-state index in [0.717, 1.165) is 54.5 Å². The van der Waals surface area contributed by atoms with Crippen molar-refractivity contribution in [3.63, 3.8) is 0 Å². The minimum atomic E-state index is -0.00664. The molecule has 144 valence electrons. The number of anilines is 1. The fourth-order valence-electron chi connectivity index (χ4n) is 3.41. The summed E-state index contributed by atoms with van der Waals surface area (Å²) in [5.74, 6) is 0.885. The first-order valence-electron chi connectivity index (χ1n) is 9.54. The van der Waals surface area contributed by atoms with E-state index in [2.05, 4.69) is 10.2 Å². The number of carbonyl (C=O) groups excluding carboxylic acids is 1. The molecule has 0 aromatic heterocycles. The van der Waals surface area contributed by atoms with Crippen LogP contribution in [0.25, 0.3) is 0 Å². The van der Waals surface area contributed by atoms with E-state index in [0.29, 0.717) is 0 Å². The smallest absolute Gasteiger partial charge is 0.228 e. The number of ether oxygens (including phenoxy) is 1. The second-order valence-electron chi connectivity index (χ2n) is 7.35. The van der Waals surface area contributed by atoms with Gasteiger partial charge in [-0.3, -0.25) is 9.69 Å². The van der Waals surface area contributed by atoms with Crippen molar-refractivity contribution in [1.29, 1.82) is 0 Å². The molecule has 1 saturated heterocycles. The van der Waals surface area contributed by atoms with E-state index in [1.165, 1.54) is 0 Å². The van der Waals surface area contributed by atoms with Gasteiger partial charge in [0, 0.05) is 23.8 Å². The summed E-state index contributed by atoms with van der Waals surface area (Å²) in [6.07, 6.45) is 2.07. The lowest BCUT2D eigenvalue weighted by molar-refractivity contribution is -0.121. The van der Waals surface area contributed by atoms with E-state index in [4.69, 9.17) is 16.3 Å². The molecule has 1 unspecified atom stereocenters. The van der Waals surface area contributed by atoms with Gasteiger partial charge in [-0.25, -0.2) is 0 Å². The van der Waals surface area contributed by atoms with Gasteiger partial charge in [0.1, 0.15) is 5.75 Å². The maximum Gasteiger partial charge on any atom is 0.228 e. The molecule has 5 heteroatoms. The lowest BCUT2D eigenvalue weighted by Gasteiger charge is -2.32. The highest BCUT2D eigenvalue weighted by atomic mass is 35.5. The van der Waals surface area contributed by atoms with Gasteiger partial charge in [0.15, 0.2) is 0 Å². The lowest BCUT2D eigenvalue weighted by Crippen LogP contribution is -2.40. The molecule has 2 aromatic rings. The zero-order valence-electron chi connectivity index (χ0n) is 16.0. The van der Waals surface area contributed by atoms with E-state index in [1.54, 1.807) is 0 Å². The third-order valence-corrected chi connectivity index (χ3v) is 5.09. The Labute approximate surface area is 166 Å². The lowest BCUT2D eigenvalue weighted by atomic mass is 9.96. The first-order chi connectivity index (χ1) is 13.0. The monoisotopic (exact) mass is 386 g/mol. The Morgan fingerprint density at radius 2 is 1.96 bits per heavy atom. The Balaban J connectivity index is 1.56. The summed E-state index contributed by atoms with van der Waals surface area (Å²) in [7, 11) is 0. The van der Waals surface area contributed by atoms with Gasteiger partial charge in [0.25, 0.3) is 0 Å². The maximum absolute atomic E-state index is 12.7. The summed E-state index contributed by atoms with van der Waals surface area (Å²) in [6.45, 7) is 6.52. The van der Waals surface area contributed by atoms with Crippen molar-refractivity contribution in [3.05, 3.63) is 59.1 Å². The van der Waals surface area contributed by atoms with Gasteiger partial charge in [-0.15, -0.1) is 0 Å². The molecule has 1 heterocycles. The molecule has 0 saturated carbocycles. The summed E-state index contributed by atoms with van der Waals surface area (Å²) >= 11 is 6.28. The number of nitrogens with one attached hydrogen (secondary N) is 1. The Hall–Kier alpha value is -2.04. The summed E-state index contributed by atoms with van der Waals surface area (Å²) in [6, 6.07) is 15.5. The van der Waals surface area contributed by atoms with Crippen molar-refractivity contribution in [2.24, 2.45) is 5.92 Å². The summed E-state index contributed by atoms with van der Waals surface area (Å²) < 4.78 is 5.64. The Morgan fingerprint density at radius 3 is 2.67 bits per heavy atom. The number of nitrogens with zero attached hydrogens (tertiary/aromatic N) is 1. The fraction of sp³-hybridized carbons (Fsp3) is 0.409. The average molecular weight is 387 g/mol. The van der Waals surface area contributed by atoms with Gasteiger partial charge in [0.05, 0.1) is 12.0 Å². The zero-order valence-corrected chi connectivity index (χ0v) is 16.7. The molecule has 0 spiro atoms. The van der Waals surface area contributed by atoms with E-state index >= 15 is 0 Å². The molecule has 27 heavy (non-hydrogen) atoms. The van der Waals surface area contributed by atoms with E-state index < -0.39 is 0 Å². The largest absolute Gasteiger partial charge is 0.491 e. The first-order valence-corrected chi connectivity index (χ1v) is 9.92. The van der Waals surface area contributed by atoms with Crippen LogP contribution >= 0.6 is 11.6 Å². The van der Waals surface area contributed by atoms with Crippen molar-refractivity contribution in [2.75, 3.05) is 18.4 Å². The van der Waals surface area contributed by atoms with Gasteiger partial charge in [0.2, 0.25) is 5.91 Å². The van der Waals surface area contributed by atoms with E-state index in [9.17, 15) is 4.79 Å². The van der Waals surface area contributed by atoms with Crippen LogP contribution < -0.4 is 10.1 Å². The molecular weight excluding hydrogens is 360 g/mol. The van der Waals surface area contributed by atoms with Crippen molar-refractivity contribution < 1.29 is 9.53 Å². The second-order valence-corrected chi connectivity index (χ2v) is 7.75. The normalized spacial score (nSPS) is 17.7. The van der Waals surface area contributed by atoms with Crippen molar-refractivity contribution in [3.8, 4) is 5.75 Å². The number of likely N-dealkylation sites (tertiary alicyclic amines) is 1. The number of amides is 1. The van der Waals surface area contributed by atoms with Crippen molar-refractivity contribution in [1.82, 2.24) is 4.90 Å². The van der Waals surface area contributed by atoms with Crippen LogP contribution in [-0.2, 0) is 11.3 Å². The zero-order chi connectivity index (χ0) is 19.2. The second kappa shape index (κ2) is 9.25. The van der Waals surface area contributed by atoms with Gasteiger partial charge in [-0.05, 0) is 69.1 Å². The van der Waals surface area contributed by atoms with Crippen LogP contribution in [0.2, 0.25) is 5.02 Å². The number of piperidine rings is 1. The standard InChI is InChI=1S/C22H27ClN2O2/c1-16(2)27-20-11-9-19(10-12-20)24-22(26)18-7-5-13-25(15-18)14-17-6-3-4-8-21(17)23/h3-4,6,8-12,16,18H,5,7,13-15H2,1-2H3,(H,24,26). The van der Waals surface area contributed by atoms with Gasteiger partial charge < -0.3 is 10.1 Å². The Morgan fingerprint density at radius 1 is 1.22 bits per heavy atom. The van der Waals surface area contributed by atoms with Crippen LogP contribution in [0.1, 0.15) is 32.3 Å². The molecular formula is C22H27ClN2O2. The summed E-state index contributed by atoms with van der Waals surface area (Å²) in [5, 5.41) is 3.83. The molecule has 0 aliphatic carbocycles. The van der Waals surface area contributed by atoms with Crippen LogP contribution in [0.15, 0.2) is 48.5 Å². The van der Waals surface area contributed by atoms with Gasteiger partial charge in [-0.1, -0.05) is 29.8 Å². The SMILES string of the molecule is CC(C)Oc1ccc(NC(=O)C2CCCN(Cc3ccccc3Cl)C2)cc1. The van der Waals surface area contributed by atoms with E-state index in [1.807, 2.05) is 62.4 Å². The molecule has 3 rings (SSSR count). The van der Waals surface area contributed by atoms with Crippen molar-refractivity contribution >= 4 is 23.2 Å². The van der Waals surface area contributed by atoms with Gasteiger partial charge in [-0.2, -0.15) is 0 Å². The van der Waals surface area contributed by atoms with Crippen molar-refractivity contribution in [2.45, 2.75) is 39.3 Å². The molecule has 2 aromatic carbocycles. The topological polar surface area (TPSA) is 41.6 Å². The number of rotatable bonds is 6. The molecule has 1 atom stereocenters. The summed E-state index contributed by atoms with van der Waals surface area (Å²) in [4.78, 5) is 15.0. The number of benzene rings is 2. The predicted molar refractivity (Wildman–Crippen MR) is 110 cm³/mol. The highest BCUT2D eigenvalue weighted by Gasteiger charge is 2.26. The fourth-order valence-corrected chi connectivity index (χ4v) is 3.61. The van der Waals surface area contributed by atoms with Crippen LogP contribution in [0.4, 0.5) is 5.69 Å². The molecule has 1 aliphatic heterocycles. The molecule has 4 nitrogen and oxygen atoms in total. The minimum Gasteiger partial charge on any atom is -0.491 e. The third kappa shape index (κ3) is 5.72. The average Bonchev–Trinajstić information content (AvgIpc) is 2.65. The molecule has 0 radical (unpaired) electrons. The minimum absolute atomic E-state index is 0.00664. The highest BCUT2D eigenvalue weighted by molar-refractivity contribution is 6.31. The molecule has 1 amide bonds. The van der Waals surface area contributed by atoms with Crippen LogP contribution in [0, 0.1) is 5.92 Å². The number of halogens is 1. The first kappa shape index (κ1) is 19.7. The quantitative estimate of drug-likeness (QED) is 0.761. The molecule has 1 fully saturated rings. The summed E-state index contributed by atoms with van der Waals surface area (Å²) in [5.41, 5.74) is 1.92. The maximum atomic E-state index is 12.7. The number of hydrogen-bond donors (Lipinski definition) is 1. The third-order valence-electron chi connectivity index (χ3n) is 4.72. The van der Waals surface area contributed by atoms with Crippen LogP contribution in [-0.4, -0.2) is 30.0 Å². The van der Waals surface area contributed by atoms with Gasteiger partial charge >= 0.3 is 0 Å². The van der Waals surface area contributed by atoms with Crippen LogP contribution in [0.5, 0.6) is 5.75 Å². The number of carbonyl (C=O) groups is 1. The number of hydrogen-bond acceptors (Lipinski definition) is 3. The molecule has 1 N–H and O–H groups in total. The Bertz CT molecular complexity index is 761.